The van der Waals surface area contributed by atoms with Crippen molar-refractivity contribution in [3.63, 3.8) is 0 Å². The highest BCUT2D eigenvalue weighted by Gasteiger charge is 2.25. The molecule has 0 saturated carbocycles. The average Bonchev–Trinajstić information content (AvgIpc) is 3.32. The molecule has 2 aliphatic heterocycles. The number of nitrogens with zero attached hydrogens (tertiary/aromatic N) is 5. The molecule has 64 heavy (non-hydrogen) atoms. The minimum atomic E-state index is -0.835. The van der Waals surface area contributed by atoms with Crippen LogP contribution in [0.15, 0.2) is 134 Å². The number of carbonyl (C=O) groups is 2. The number of piperidine rings is 2. The van der Waals surface area contributed by atoms with Gasteiger partial charge in [0, 0.05) is 62.6 Å². The molecule has 0 bridgehead atoms. The summed E-state index contributed by atoms with van der Waals surface area (Å²) in [6.45, 7) is 7.76. The van der Waals surface area contributed by atoms with E-state index < -0.39 is 6.09 Å². The van der Waals surface area contributed by atoms with Crippen molar-refractivity contribution in [3.8, 4) is 40.5 Å². The molecule has 0 aliphatic carbocycles. The molecule has 3 aromatic carbocycles. The quantitative estimate of drug-likeness (QED) is 0.112. The number of aryl methyl sites for hydroxylation is 4. The molecule has 2 fully saturated rings. The fourth-order valence-corrected chi connectivity index (χ4v) is 7.27. The van der Waals surface area contributed by atoms with Crippen LogP contribution in [0, 0.1) is 25.7 Å². The summed E-state index contributed by atoms with van der Waals surface area (Å²) in [5.74, 6) is 5.46. The maximum atomic E-state index is 12.7. The summed E-state index contributed by atoms with van der Waals surface area (Å²) in [6.07, 6.45) is 9.39. The first-order chi connectivity index (χ1) is 31.2. The Labute approximate surface area is 374 Å². The Morgan fingerprint density at radius 2 is 1.14 bits per heavy atom. The predicted octanol–water partition coefficient (Wildman–Crippen LogP) is 10.6. The van der Waals surface area contributed by atoms with Crippen LogP contribution in [0.5, 0.6) is 40.5 Å². The van der Waals surface area contributed by atoms with E-state index in [1.54, 1.807) is 17.3 Å². The second kappa shape index (κ2) is 22.8. The Balaban J connectivity index is 0.000000211. The van der Waals surface area contributed by atoms with Crippen LogP contribution in [0.3, 0.4) is 0 Å². The first-order valence-corrected chi connectivity index (χ1v) is 21.8. The number of carbonyl (C=O) groups excluding carboxylic acids is 1. The molecule has 0 spiro atoms. The van der Waals surface area contributed by atoms with E-state index in [1.807, 2.05) is 122 Å². The fraction of sp³-hybridized carbons (Fsp3) is 0.314. The van der Waals surface area contributed by atoms with E-state index >= 15 is 0 Å². The van der Waals surface area contributed by atoms with E-state index in [0.717, 1.165) is 61.3 Å². The molecule has 8 rings (SSSR count). The fourth-order valence-electron chi connectivity index (χ4n) is 7.27. The van der Waals surface area contributed by atoms with Crippen LogP contribution >= 0.6 is 0 Å². The molecular formula is C51H55N5O8. The Bertz CT molecular complexity index is 2350. The number of carboxylic acid groups (broad SMARTS) is 1. The van der Waals surface area contributed by atoms with E-state index in [0.29, 0.717) is 80.2 Å². The van der Waals surface area contributed by atoms with Gasteiger partial charge < -0.3 is 38.6 Å². The zero-order valence-electron chi connectivity index (χ0n) is 36.4. The number of hydrogen-bond donors (Lipinski definition) is 1. The number of pyridine rings is 3. The van der Waals surface area contributed by atoms with Crippen molar-refractivity contribution in [3.05, 3.63) is 156 Å². The molecule has 0 unspecified atom stereocenters. The zero-order chi connectivity index (χ0) is 44.5. The van der Waals surface area contributed by atoms with Gasteiger partial charge in [-0.25, -0.2) is 19.6 Å². The molecule has 5 heterocycles. The molecule has 3 aromatic heterocycles. The van der Waals surface area contributed by atoms with Crippen molar-refractivity contribution >= 4 is 12.2 Å². The van der Waals surface area contributed by atoms with Crippen molar-refractivity contribution in [1.29, 1.82) is 0 Å². The summed E-state index contributed by atoms with van der Waals surface area (Å²) in [4.78, 5) is 39.6. The third-order valence-electron chi connectivity index (χ3n) is 11.1. The Morgan fingerprint density at radius 3 is 1.67 bits per heavy atom. The molecule has 1 N–H and O–H groups in total. The molecule has 332 valence electrons. The lowest BCUT2D eigenvalue weighted by Gasteiger charge is -2.31. The number of ether oxygens (including phenoxy) is 5. The third-order valence-corrected chi connectivity index (χ3v) is 11.1. The normalized spacial score (nSPS) is 14.2. The average molecular weight is 866 g/mol. The molecule has 13 nitrogen and oxygen atoms in total. The zero-order valence-corrected chi connectivity index (χ0v) is 36.4. The summed E-state index contributed by atoms with van der Waals surface area (Å²) in [6, 6.07) is 36.2. The monoisotopic (exact) mass is 865 g/mol. The van der Waals surface area contributed by atoms with Crippen molar-refractivity contribution < 1.29 is 38.4 Å². The summed E-state index contributed by atoms with van der Waals surface area (Å²) in [5.41, 5.74) is 4.58. The van der Waals surface area contributed by atoms with Gasteiger partial charge in [0.05, 0.1) is 13.2 Å². The molecule has 13 heteroatoms. The van der Waals surface area contributed by atoms with E-state index in [4.69, 9.17) is 28.8 Å². The molecule has 2 aliphatic rings. The molecule has 2 saturated heterocycles. The van der Waals surface area contributed by atoms with Gasteiger partial charge in [-0.1, -0.05) is 24.3 Å². The first-order valence-electron chi connectivity index (χ1n) is 21.8. The lowest BCUT2D eigenvalue weighted by atomic mass is 9.98. The van der Waals surface area contributed by atoms with Crippen molar-refractivity contribution in [2.45, 2.75) is 52.4 Å². The van der Waals surface area contributed by atoms with Crippen LogP contribution in [0.1, 0.15) is 48.1 Å². The van der Waals surface area contributed by atoms with Gasteiger partial charge in [-0.05, 0) is 160 Å². The van der Waals surface area contributed by atoms with E-state index in [2.05, 4.69) is 27.9 Å². The van der Waals surface area contributed by atoms with Gasteiger partial charge in [-0.15, -0.1) is 0 Å². The van der Waals surface area contributed by atoms with Gasteiger partial charge in [0.25, 0.3) is 0 Å². The van der Waals surface area contributed by atoms with Crippen LogP contribution in [-0.4, -0.2) is 81.4 Å². The molecule has 0 atom stereocenters. The largest absolute Gasteiger partial charge is 0.493 e. The minimum Gasteiger partial charge on any atom is -0.493 e. The highest BCUT2D eigenvalue weighted by Crippen LogP contribution is 2.27. The van der Waals surface area contributed by atoms with Gasteiger partial charge in [-0.3, -0.25) is 4.98 Å². The topological polar surface area (TPSA) is 146 Å². The molecule has 6 aromatic rings. The van der Waals surface area contributed by atoms with Crippen LogP contribution in [-0.2, 0) is 12.8 Å². The SMILES string of the molecule is Cc1ccc(Oc2ccc(OCC3CCN(C(=O)O)CC3)cc2)nc1.Cc1ccnc(CCc2ccc(OC(=O)N3CCC(COc4ccc(Oc5ccccn5)cc4)CC3)cc2)c1. The van der Waals surface area contributed by atoms with E-state index in [9.17, 15) is 9.59 Å². The van der Waals surface area contributed by atoms with Crippen LogP contribution in [0.25, 0.3) is 0 Å². The lowest BCUT2D eigenvalue weighted by molar-refractivity contribution is 0.111. The van der Waals surface area contributed by atoms with E-state index in [-0.39, 0.29) is 6.09 Å². The number of likely N-dealkylation sites (tertiary alicyclic amines) is 2. The van der Waals surface area contributed by atoms with Gasteiger partial charge in [0.2, 0.25) is 11.8 Å². The first kappa shape index (κ1) is 44.9. The van der Waals surface area contributed by atoms with Gasteiger partial charge >= 0.3 is 12.2 Å². The van der Waals surface area contributed by atoms with Crippen molar-refractivity contribution in [2.24, 2.45) is 11.8 Å². The van der Waals surface area contributed by atoms with Crippen molar-refractivity contribution in [2.75, 3.05) is 39.4 Å². The van der Waals surface area contributed by atoms with E-state index in [1.165, 1.54) is 16.0 Å². The lowest BCUT2D eigenvalue weighted by Crippen LogP contribution is -2.41. The smallest absolute Gasteiger partial charge is 0.415 e. The molecule has 0 radical (unpaired) electrons. The number of hydrogen-bond acceptors (Lipinski definition) is 10. The third kappa shape index (κ3) is 14.2. The highest BCUT2D eigenvalue weighted by atomic mass is 16.6. The number of amides is 2. The second-order valence-electron chi connectivity index (χ2n) is 16.1. The standard InChI is InChI=1S/C32H33N3O4.C19H22N2O4/c1-24-15-19-33-27(22-24)8-5-25-6-9-30(10-7-25)39-32(36)35-20-16-26(17-21-35)23-37-28-11-13-29(14-12-28)38-31-4-2-3-18-34-31;1-14-2-7-18(20-12-14)25-17-5-3-16(4-6-17)24-13-15-8-10-21(11-9-15)19(22)23/h2-4,6-7,9-15,18-19,22,26H,5,8,16-17,20-21,23H2,1H3;2-7,12,15H,8-11,13H2,1H3,(H,22,23). The molecule has 2 amide bonds. The summed E-state index contributed by atoms with van der Waals surface area (Å²) >= 11 is 0. The van der Waals surface area contributed by atoms with Crippen LogP contribution in [0.4, 0.5) is 9.59 Å². The summed E-state index contributed by atoms with van der Waals surface area (Å²) < 4.78 is 28.9. The Hall–Kier alpha value is -7.15. The van der Waals surface area contributed by atoms with Crippen LogP contribution < -0.4 is 23.7 Å². The molecular weight excluding hydrogens is 811 g/mol. The van der Waals surface area contributed by atoms with Gasteiger partial charge in [-0.2, -0.15) is 0 Å². The van der Waals surface area contributed by atoms with Gasteiger partial charge in [0.1, 0.15) is 28.7 Å². The number of benzene rings is 3. The highest BCUT2D eigenvalue weighted by molar-refractivity contribution is 5.70. The predicted molar refractivity (Wildman–Crippen MR) is 243 cm³/mol. The van der Waals surface area contributed by atoms with Crippen LogP contribution in [0.2, 0.25) is 0 Å². The Kier molecular flexibility index (Phi) is 16.0. The summed E-state index contributed by atoms with van der Waals surface area (Å²) in [5, 5.41) is 8.96. The second-order valence-corrected chi connectivity index (χ2v) is 16.1. The maximum Gasteiger partial charge on any atom is 0.415 e. The number of rotatable bonds is 14. The maximum absolute atomic E-state index is 12.7. The number of aromatic nitrogens is 3. The Morgan fingerprint density at radius 1 is 0.578 bits per heavy atom. The van der Waals surface area contributed by atoms with Gasteiger partial charge in [0.15, 0.2) is 0 Å². The minimum absolute atomic E-state index is 0.297. The van der Waals surface area contributed by atoms with Crippen molar-refractivity contribution in [1.82, 2.24) is 24.8 Å². The summed E-state index contributed by atoms with van der Waals surface area (Å²) in [7, 11) is 0.